The number of hydrogen-bond donors (Lipinski definition) is 6. The van der Waals surface area contributed by atoms with Crippen LogP contribution in [0.25, 0.3) is 0 Å². The molecule has 0 aliphatic carbocycles. The lowest BCUT2D eigenvalue weighted by Crippen LogP contribution is -2.48. The summed E-state index contributed by atoms with van der Waals surface area (Å²) >= 11 is 0. The standard InChI is InChI=1S/C19H23N7O7S/c20-19(21)23-9-8-22-14-7-6-12(10-16(14)26(30)31)17(27)24-11-15(18(28)29)25-34(32,33)13-4-2-1-3-5-13/h1-7,10,15,22,25H,8-9,11H2,(H,24,27)(H,28,29)(H4,20,21,23). The third-order valence-corrected chi connectivity index (χ3v) is 5.78. The molecule has 2 rings (SSSR count). The highest BCUT2D eigenvalue weighted by Crippen LogP contribution is 2.25. The number of rotatable bonds is 12. The number of aliphatic carboxylic acids is 1. The van der Waals surface area contributed by atoms with Crippen molar-refractivity contribution in [3.05, 3.63) is 64.2 Å². The van der Waals surface area contributed by atoms with Crippen LogP contribution >= 0.6 is 0 Å². The van der Waals surface area contributed by atoms with Gasteiger partial charge in [-0.2, -0.15) is 4.72 Å². The number of amides is 1. The molecule has 2 aromatic rings. The smallest absolute Gasteiger partial charge is 0.323 e. The van der Waals surface area contributed by atoms with E-state index in [1.54, 1.807) is 6.07 Å². The van der Waals surface area contributed by atoms with Crippen molar-refractivity contribution in [3.63, 3.8) is 0 Å². The molecule has 2 aromatic carbocycles. The van der Waals surface area contributed by atoms with Crippen LogP contribution in [0.2, 0.25) is 0 Å². The van der Waals surface area contributed by atoms with Gasteiger partial charge in [-0.25, -0.2) is 8.42 Å². The molecule has 0 aliphatic rings. The quantitative estimate of drug-likeness (QED) is 0.0725. The maximum Gasteiger partial charge on any atom is 0.323 e. The second-order valence-corrected chi connectivity index (χ2v) is 8.47. The third-order valence-electron chi connectivity index (χ3n) is 4.29. The lowest BCUT2D eigenvalue weighted by atomic mass is 10.1. The van der Waals surface area contributed by atoms with Gasteiger partial charge in [0, 0.05) is 24.7 Å². The van der Waals surface area contributed by atoms with E-state index in [1.165, 1.54) is 36.4 Å². The van der Waals surface area contributed by atoms with Crippen LogP contribution in [0.3, 0.4) is 0 Å². The van der Waals surface area contributed by atoms with E-state index in [2.05, 4.69) is 15.6 Å². The molecule has 1 atom stereocenters. The van der Waals surface area contributed by atoms with E-state index < -0.39 is 45.1 Å². The van der Waals surface area contributed by atoms with Crippen LogP contribution in [0.4, 0.5) is 11.4 Å². The summed E-state index contributed by atoms with van der Waals surface area (Å²) in [5.74, 6) is -2.49. The fourth-order valence-corrected chi connectivity index (χ4v) is 3.89. The Labute approximate surface area is 194 Å². The number of carboxylic acids is 1. The number of anilines is 1. The van der Waals surface area contributed by atoms with Gasteiger partial charge in [0.2, 0.25) is 10.0 Å². The summed E-state index contributed by atoms with van der Waals surface area (Å²) in [6, 6.07) is 9.01. The summed E-state index contributed by atoms with van der Waals surface area (Å²) in [7, 11) is -4.16. The number of benzene rings is 2. The highest BCUT2D eigenvalue weighted by Gasteiger charge is 2.26. The number of guanidine groups is 1. The molecular formula is C19H23N7O7S. The number of carbonyl (C=O) groups excluding carboxylic acids is 1. The van der Waals surface area contributed by atoms with Crippen molar-refractivity contribution in [3.8, 4) is 0 Å². The minimum atomic E-state index is -4.16. The van der Waals surface area contributed by atoms with Crippen molar-refractivity contribution in [1.82, 2.24) is 10.0 Å². The topological polar surface area (TPSA) is 232 Å². The van der Waals surface area contributed by atoms with E-state index in [0.29, 0.717) is 0 Å². The van der Waals surface area contributed by atoms with Crippen molar-refractivity contribution < 1.29 is 28.0 Å². The maximum atomic E-state index is 12.5. The summed E-state index contributed by atoms with van der Waals surface area (Å²) in [4.78, 5) is 38.3. The van der Waals surface area contributed by atoms with Crippen molar-refractivity contribution >= 4 is 39.2 Å². The molecule has 0 bridgehead atoms. The van der Waals surface area contributed by atoms with Crippen molar-refractivity contribution in [2.75, 3.05) is 25.0 Å². The first-order valence-corrected chi connectivity index (χ1v) is 11.2. The van der Waals surface area contributed by atoms with Crippen LogP contribution in [0.15, 0.2) is 58.4 Å². The zero-order valence-corrected chi connectivity index (χ0v) is 18.5. The molecule has 15 heteroatoms. The van der Waals surface area contributed by atoms with Crippen LogP contribution in [0.1, 0.15) is 10.4 Å². The first kappa shape index (κ1) is 26.0. The van der Waals surface area contributed by atoms with E-state index in [9.17, 15) is 33.2 Å². The van der Waals surface area contributed by atoms with Crippen LogP contribution < -0.4 is 26.8 Å². The Balaban J connectivity index is 2.09. The molecule has 0 heterocycles. The monoisotopic (exact) mass is 493 g/mol. The van der Waals surface area contributed by atoms with Gasteiger partial charge in [0.15, 0.2) is 5.96 Å². The van der Waals surface area contributed by atoms with Gasteiger partial charge in [-0.15, -0.1) is 0 Å². The van der Waals surface area contributed by atoms with E-state index in [1.807, 2.05) is 4.72 Å². The molecule has 0 fully saturated rings. The molecular weight excluding hydrogens is 470 g/mol. The SMILES string of the molecule is NC(N)=NCCNc1ccc(C(=O)NCC(NS(=O)(=O)c2ccccc2)C(=O)O)cc1[N+](=O)[O-]. The largest absolute Gasteiger partial charge is 0.480 e. The number of carbonyl (C=O) groups is 2. The Morgan fingerprint density at radius 2 is 1.82 bits per heavy atom. The predicted molar refractivity (Wildman–Crippen MR) is 123 cm³/mol. The molecule has 8 N–H and O–H groups in total. The van der Waals surface area contributed by atoms with Crippen LogP contribution in [0.5, 0.6) is 0 Å². The van der Waals surface area contributed by atoms with Gasteiger partial charge in [-0.05, 0) is 24.3 Å². The molecule has 0 aromatic heterocycles. The molecule has 1 amide bonds. The van der Waals surface area contributed by atoms with Gasteiger partial charge < -0.3 is 27.2 Å². The second-order valence-electron chi connectivity index (χ2n) is 6.76. The molecule has 14 nitrogen and oxygen atoms in total. The van der Waals surface area contributed by atoms with E-state index >= 15 is 0 Å². The Morgan fingerprint density at radius 3 is 2.41 bits per heavy atom. The van der Waals surface area contributed by atoms with Crippen molar-refractivity contribution in [2.45, 2.75) is 10.9 Å². The first-order valence-electron chi connectivity index (χ1n) is 9.67. The Kier molecular flexibility index (Phi) is 8.86. The minimum Gasteiger partial charge on any atom is -0.480 e. The van der Waals surface area contributed by atoms with Crippen LogP contribution in [0, 0.1) is 10.1 Å². The molecule has 0 saturated carbocycles. The van der Waals surface area contributed by atoms with Gasteiger partial charge in [0.25, 0.3) is 11.6 Å². The molecule has 0 aliphatic heterocycles. The summed E-state index contributed by atoms with van der Waals surface area (Å²) in [5.41, 5.74) is 10.00. The summed E-state index contributed by atoms with van der Waals surface area (Å²) < 4.78 is 26.7. The first-order chi connectivity index (χ1) is 16.0. The van der Waals surface area contributed by atoms with Gasteiger partial charge in [-0.1, -0.05) is 18.2 Å². The summed E-state index contributed by atoms with van der Waals surface area (Å²) in [6.45, 7) is -0.254. The molecule has 1 unspecified atom stereocenters. The average Bonchev–Trinajstić information content (AvgIpc) is 2.79. The number of carboxylic acid groups (broad SMARTS) is 1. The lowest BCUT2D eigenvalue weighted by Gasteiger charge is -2.16. The normalized spacial score (nSPS) is 11.8. The summed E-state index contributed by atoms with van der Waals surface area (Å²) in [5, 5.41) is 25.8. The number of nitrogens with one attached hydrogen (secondary N) is 3. The third kappa shape index (κ3) is 7.42. The zero-order chi connectivity index (χ0) is 25.3. The molecule has 34 heavy (non-hydrogen) atoms. The summed E-state index contributed by atoms with van der Waals surface area (Å²) in [6.07, 6.45) is 0. The van der Waals surface area contributed by atoms with Crippen molar-refractivity contribution in [2.24, 2.45) is 16.5 Å². The number of nitrogens with zero attached hydrogens (tertiary/aromatic N) is 2. The van der Waals surface area contributed by atoms with E-state index in [0.717, 1.165) is 6.07 Å². The van der Waals surface area contributed by atoms with Crippen LogP contribution in [-0.2, 0) is 14.8 Å². The zero-order valence-electron chi connectivity index (χ0n) is 17.7. The van der Waals surface area contributed by atoms with Gasteiger partial charge in [0.1, 0.15) is 11.7 Å². The second kappa shape index (κ2) is 11.6. The number of nitrogens with two attached hydrogens (primary N) is 2. The average molecular weight is 494 g/mol. The molecule has 0 saturated heterocycles. The lowest BCUT2D eigenvalue weighted by molar-refractivity contribution is -0.384. The molecule has 0 radical (unpaired) electrons. The molecule has 0 spiro atoms. The number of nitro groups is 1. The Bertz CT molecular complexity index is 1180. The van der Waals surface area contributed by atoms with Gasteiger partial charge in [-0.3, -0.25) is 24.7 Å². The highest BCUT2D eigenvalue weighted by atomic mass is 32.2. The van der Waals surface area contributed by atoms with Gasteiger partial charge in [0.05, 0.1) is 16.4 Å². The number of nitro benzene ring substituents is 1. The van der Waals surface area contributed by atoms with E-state index in [-0.39, 0.29) is 35.2 Å². The Morgan fingerprint density at radius 1 is 1.15 bits per heavy atom. The maximum absolute atomic E-state index is 12.5. The fraction of sp³-hybridized carbons (Fsp3) is 0.211. The predicted octanol–water partition coefficient (Wildman–Crippen LogP) is -0.558. The van der Waals surface area contributed by atoms with Crippen molar-refractivity contribution in [1.29, 1.82) is 0 Å². The Hall–Kier alpha value is -4.24. The fourth-order valence-electron chi connectivity index (χ4n) is 2.68. The number of sulfonamides is 1. The van der Waals surface area contributed by atoms with Crippen LogP contribution in [-0.4, -0.2) is 62.0 Å². The number of hydrogen-bond acceptors (Lipinski definition) is 8. The molecule has 182 valence electrons. The minimum absolute atomic E-state index is 0.117. The number of aliphatic imine (C=N–C) groups is 1. The van der Waals surface area contributed by atoms with Gasteiger partial charge >= 0.3 is 5.97 Å². The van der Waals surface area contributed by atoms with E-state index in [4.69, 9.17) is 11.5 Å². The highest BCUT2D eigenvalue weighted by molar-refractivity contribution is 7.89.